The number of amides is 1. The lowest BCUT2D eigenvalue weighted by molar-refractivity contribution is -0.119. The van der Waals surface area contributed by atoms with Gasteiger partial charge in [0.2, 0.25) is 5.91 Å². The van der Waals surface area contributed by atoms with E-state index in [1.807, 2.05) is 30.3 Å². The summed E-state index contributed by atoms with van der Waals surface area (Å²) in [6, 6.07) is 9.75. The van der Waals surface area contributed by atoms with E-state index in [2.05, 4.69) is 5.32 Å². The van der Waals surface area contributed by atoms with E-state index in [0.717, 1.165) is 5.56 Å². The van der Waals surface area contributed by atoms with Crippen molar-refractivity contribution in [2.45, 2.75) is 25.2 Å². The fourth-order valence-electron chi connectivity index (χ4n) is 1.84. The van der Waals surface area contributed by atoms with Crippen molar-refractivity contribution in [2.24, 2.45) is 5.73 Å². The molecule has 4 nitrogen and oxygen atoms in total. The second kappa shape index (κ2) is 5.09. The van der Waals surface area contributed by atoms with Gasteiger partial charge < -0.3 is 15.8 Å². The van der Waals surface area contributed by atoms with E-state index in [0.29, 0.717) is 19.6 Å². The van der Waals surface area contributed by atoms with Gasteiger partial charge in [-0.05, 0) is 12.0 Å². The lowest BCUT2D eigenvalue weighted by Crippen LogP contribution is -2.36. The van der Waals surface area contributed by atoms with Crippen molar-refractivity contribution in [3.05, 3.63) is 35.9 Å². The molecule has 1 aromatic carbocycles. The summed E-state index contributed by atoms with van der Waals surface area (Å²) in [4.78, 5) is 10.9. The maximum atomic E-state index is 10.9. The molecule has 0 aliphatic carbocycles. The standard InChI is InChI=1S/C12H16N2O2/c13-12(15)11-6-10(7-14-11)16-8-9-4-2-1-3-5-9/h1-5,10-11,14H,6-8H2,(H2,13,15). The molecular formula is C12H16N2O2. The Morgan fingerprint density at radius 2 is 2.19 bits per heavy atom. The van der Waals surface area contributed by atoms with Gasteiger partial charge in [-0.2, -0.15) is 0 Å². The molecule has 2 unspecified atom stereocenters. The molecule has 4 heteroatoms. The van der Waals surface area contributed by atoms with Crippen LogP contribution in [0.1, 0.15) is 12.0 Å². The van der Waals surface area contributed by atoms with Gasteiger partial charge >= 0.3 is 0 Å². The van der Waals surface area contributed by atoms with E-state index < -0.39 is 0 Å². The van der Waals surface area contributed by atoms with Crippen LogP contribution < -0.4 is 11.1 Å². The number of hydrogen-bond donors (Lipinski definition) is 2. The molecule has 1 amide bonds. The minimum absolute atomic E-state index is 0.0812. The van der Waals surface area contributed by atoms with Crippen molar-refractivity contribution in [1.82, 2.24) is 5.32 Å². The normalized spacial score (nSPS) is 24.5. The number of ether oxygens (including phenoxy) is 1. The van der Waals surface area contributed by atoms with Crippen LogP contribution in [-0.2, 0) is 16.1 Å². The number of benzene rings is 1. The SMILES string of the molecule is NC(=O)C1CC(OCc2ccccc2)CN1. The zero-order chi connectivity index (χ0) is 11.4. The summed E-state index contributed by atoms with van der Waals surface area (Å²) in [5, 5.41) is 3.04. The van der Waals surface area contributed by atoms with Crippen LogP contribution in [0.2, 0.25) is 0 Å². The van der Waals surface area contributed by atoms with Crippen molar-refractivity contribution in [1.29, 1.82) is 0 Å². The van der Waals surface area contributed by atoms with Gasteiger partial charge in [0.15, 0.2) is 0 Å². The molecule has 1 aliphatic heterocycles. The number of primary amides is 1. The van der Waals surface area contributed by atoms with Crippen LogP contribution >= 0.6 is 0 Å². The van der Waals surface area contributed by atoms with Gasteiger partial charge in [-0.15, -0.1) is 0 Å². The van der Waals surface area contributed by atoms with Crippen LogP contribution in [0.3, 0.4) is 0 Å². The molecule has 3 N–H and O–H groups in total. The Labute approximate surface area is 94.8 Å². The highest BCUT2D eigenvalue weighted by Crippen LogP contribution is 2.12. The van der Waals surface area contributed by atoms with Crippen molar-refractivity contribution >= 4 is 5.91 Å². The number of nitrogens with one attached hydrogen (secondary N) is 1. The summed E-state index contributed by atoms with van der Waals surface area (Å²) >= 11 is 0. The first-order chi connectivity index (χ1) is 7.75. The highest BCUT2D eigenvalue weighted by atomic mass is 16.5. The first kappa shape index (κ1) is 11.1. The maximum absolute atomic E-state index is 10.9. The minimum atomic E-state index is -0.300. The summed E-state index contributed by atoms with van der Waals surface area (Å²) in [7, 11) is 0. The van der Waals surface area contributed by atoms with Crippen LogP contribution in [0.15, 0.2) is 30.3 Å². The van der Waals surface area contributed by atoms with Gasteiger partial charge in [0.25, 0.3) is 0 Å². The highest BCUT2D eigenvalue weighted by Gasteiger charge is 2.28. The second-order valence-corrected chi connectivity index (χ2v) is 4.02. The van der Waals surface area contributed by atoms with Gasteiger partial charge in [-0.3, -0.25) is 4.79 Å². The Kier molecular flexibility index (Phi) is 3.54. The third kappa shape index (κ3) is 2.81. The zero-order valence-corrected chi connectivity index (χ0v) is 9.06. The summed E-state index contributed by atoms with van der Waals surface area (Å²) in [5.41, 5.74) is 6.35. The minimum Gasteiger partial charge on any atom is -0.372 e. The van der Waals surface area contributed by atoms with E-state index in [1.165, 1.54) is 0 Å². The average Bonchev–Trinajstić information content (AvgIpc) is 2.76. The van der Waals surface area contributed by atoms with Gasteiger partial charge in [-0.1, -0.05) is 30.3 Å². The number of nitrogens with two attached hydrogens (primary N) is 1. The second-order valence-electron chi connectivity index (χ2n) is 4.02. The summed E-state index contributed by atoms with van der Waals surface area (Å²) in [6.45, 7) is 1.28. The molecule has 2 rings (SSSR count). The first-order valence-electron chi connectivity index (χ1n) is 5.44. The van der Waals surface area contributed by atoms with Crippen LogP contribution in [0, 0.1) is 0 Å². The van der Waals surface area contributed by atoms with E-state index in [-0.39, 0.29) is 18.1 Å². The largest absolute Gasteiger partial charge is 0.372 e. The highest BCUT2D eigenvalue weighted by molar-refractivity contribution is 5.80. The summed E-state index contributed by atoms with van der Waals surface area (Å²) in [6.07, 6.45) is 0.750. The Morgan fingerprint density at radius 3 is 2.81 bits per heavy atom. The first-order valence-corrected chi connectivity index (χ1v) is 5.44. The Balaban J connectivity index is 1.78. The van der Waals surface area contributed by atoms with Crippen molar-refractivity contribution in [3.8, 4) is 0 Å². The Bertz CT molecular complexity index is 353. The Morgan fingerprint density at radius 1 is 1.44 bits per heavy atom. The van der Waals surface area contributed by atoms with Gasteiger partial charge in [0.05, 0.1) is 18.8 Å². The van der Waals surface area contributed by atoms with E-state index >= 15 is 0 Å². The van der Waals surface area contributed by atoms with Crippen molar-refractivity contribution in [2.75, 3.05) is 6.54 Å². The monoisotopic (exact) mass is 220 g/mol. The molecule has 86 valence electrons. The fraction of sp³-hybridized carbons (Fsp3) is 0.417. The zero-order valence-electron chi connectivity index (χ0n) is 9.06. The number of carbonyl (C=O) groups excluding carboxylic acids is 1. The third-order valence-corrected chi connectivity index (χ3v) is 2.76. The number of hydrogen-bond acceptors (Lipinski definition) is 3. The molecule has 0 saturated carbocycles. The lowest BCUT2D eigenvalue weighted by Gasteiger charge is -2.10. The van der Waals surface area contributed by atoms with E-state index in [1.54, 1.807) is 0 Å². The molecule has 1 saturated heterocycles. The molecule has 16 heavy (non-hydrogen) atoms. The predicted molar refractivity (Wildman–Crippen MR) is 60.6 cm³/mol. The molecular weight excluding hydrogens is 204 g/mol. The van der Waals surface area contributed by atoms with Crippen LogP contribution in [0.4, 0.5) is 0 Å². The fourth-order valence-corrected chi connectivity index (χ4v) is 1.84. The summed E-state index contributed by atoms with van der Waals surface area (Å²) in [5.74, 6) is -0.300. The third-order valence-electron chi connectivity index (χ3n) is 2.76. The summed E-state index contributed by atoms with van der Waals surface area (Å²) < 4.78 is 5.70. The average molecular weight is 220 g/mol. The van der Waals surface area contributed by atoms with Crippen molar-refractivity contribution in [3.63, 3.8) is 0 Å². The molecule has 0 aromatic heterocycles. The molecule has 1 fully saturated rings. The van der Waals surface area contributed by atoms with E-state index in [9.17, 15) is 4.79 Å². The van der Waals surface area contributed by atoms with Crippen LogP contribution in [0.5, 0.6) is 0 Å². The maximum Gasteiger partial charge on any atom is 0.234 e. The number of carbonyl (C=O) groups is 1. The van der Waals surface area contributed by atoms with Crippen molar-refractivity contribution < 1.29 is 9.53 Å². The quantitative estimate of drug-likeness (QED) is 0.773. The molecule has 0 bridgehead atoms. The Hall–Kier alpha value is -1.39. The lowest BCUT2D eigenvalue weighted by atomic mass is 10.2. The predicted octanol–water partition coefficient (Wildman–Crippen LogP) is 0.419. The molecule has 1 heterocycles. The van der Waals surface area contributed by atoms with Gasteiger partial charge in [0.1, 0.15) is 0 Å². The topological polar surface area (TPSA) is 64.4 Å². The molecule has 2 atom stereocenters. The number of rotatable bonds is 4. The van der Waals surface area contributed by atoms with Crippen LogP contribution in [-0.4, -0.2) is 24.6 Å². The van der Waals surface area contributed by atoms with E-state index in [4.69, 9.17) is 10.5 Å². The molecule has 1 aromatic rings. The molecule has 1 aliphatic rings. The molecule has 0 spiro atoms. The van der Waals surface area contributed by atoms with Crippen LogP contribution in [0.25, 0.3) is 0 Å². The van der Waals surface area contributed by atoms with Gasteiger partial charge in [0, 0.05) is 6.54 Å². The smallest absolute Gasteiger partial charge is 0.234 e. The van der Waals surface area contributed by atoms with Gasteiger partial charge in [-0.25, -0.2) is 0 Å². The molecule has 0 radical (unpaired) electrons.